The molecule has 0 unspecified atom stereocenters. The highest BCUT2D eigenvalue weighted by atomic mass is 19.4. The fourth-order valence-electron chi connectivity index (χ4n) is 0.965. The van der Waals surface area contributed by atoms with Crippen molar-refractivity contribution in [2.75, 3.05) is 0 Å². The molecule has 0 fully saturated rings. The summed E-state index contributed by atoms with van der Waals surface area (Å²) in [5, 5.41) is 0. The van der Waals surface area contributed by atoms with Crippen molar-refractivity contribution in [2.45, 2.75) is 19.0 Å². The van der Waals surface area contributed by atoms with E-state index < -0.39 is 17.9 Å². The molecule has 0 radical (unpaired) electrons. The number of alkyl halides is 3. The molecule has 0 aliphatic heterocycles. The molecule has 1 aromatic rings. The minimum atomic E-state index is -4.31. The van der Waals surface area contributed by atoms with Gasteiger partial charge in [0.05, 0.1) is 5.92 Å². The number of halogens is 4. The Hall–Kier alpha value is -1.06. The predicted octanol–water partition coefficient (Wildman–Crippen LogP) is 3.49. The van der Waals surface area contributed by atoms with E-state index in [2.05, 4.69) is 0 Å². The first kappa shape index (κ1) is 10.0. The van der Waals surface area contributed by atoms with Gasteiger partial charge in [-0.15, -0.1) is 0 Å². The van der Waals surface area contributed by atoms with Crippen molar-refractivity contribution in [3.05, 3.63) is 35.6 Å². The van der Waals surface area contributed by atoms with Gasteiger partial charge in [0, 0.05) is 0 Å². The van der Waals surface area contributed by atoms with Crippen LogP contribution in [-0.2, 0) is 0 Å². The highest BCUT2D eigenvalue weighted by Crippen LogP contribution is 2.34. The van der Waals surface area contributed by atoms with Crippen molar-refractivity contribution < 1.29 is 17.6 Å². The summed E-state index contributed by atoms with van der Waals surface area (Å²) in [7, 11) is 0. The van der Waals surface area contributed by atoms with Gasteiger partial charge in [0.25, 0.3) is 0 Å². The van der Waals surface area contributed by atoms with E-state index >= 15 is 0 Å². The molecule has 0 aliphatic carbocycles. The Morgan fingerprint density at radius 2 is 1.85 bits per heavy atom. The van der Waals surface area contributed by atoms with Gasteiger partial charge in [-0.1, -0.05) is 12.1 Å². The first-order valence-electron chi connectivity index (χ1n) is 3.73. The van der Waals surface area contributed by atoms with Crippen LogP contribution in [0, 0.1) is 5.82 Å². The van der Waals surface area contributed by atoms with Crippen LogP contribution in [0.5, 0.6) is 0 Å². The third kappa shape index (κ3) is 2.44. The fraction of sp³-hybridized carbons (Fsp3) is 0.333. The zero-order valence-electron chi connectivity index (χ0n) is 6.90. The van der Waals surface area contributed by atoms with Gasteiger partial charge in [-0.2, -0.15) is 13.2 Å². The average Bonchev–Trinajstić information content (AvgIpc) is 2.01. The van der Waals surface area contributed by atoms with Crippen LogP contribution in [0.3, 0.4) is 0 Å². The topological polar surface area (TPSA) is 0 Å². The monoisotopic (exact) mass is 192 g/mol. The molecular weight excluding hydrogens is 184 g/mol. The second-order valence-electron chi connectivity index (χ2n) is 2.82. The summed E-state index contributed by atoms with van der Waals surface area (Å²) < 4.78 is 49.0. The van der Waals surface area contributed by atoms with Crippen LogP contribution < -0.4 is 0 Å². The lowest BCUT2D eigenvalue weighted by Crippen LogP contribution is -2.17. The van der Waals surface area contributed by atoms with Crippen molar-refractivity contribution in [3.63, 3.8) is 0 Å². The highest BCUT2D eigenvalue weighted by molar-refractivity contribution is 5.21. The quantitative estimate of drug-likeness (QED) is 0.597. The Morgan fingerprint density at radius 3 is 2.31 bits per heavy atom. The summed E-state index contributed by atoms with van der Waals surface area (Å²) in [6.07, 6.45) is -4.31. The Balaban J connectivity index is 2.96. The molecule has 0 amide bonds. The van der Waals surface area contributed by atoms with Crippen LogP contribution >= 0.6 is 0 Å². The number of hydrogen-bond donors (Lipinski definition) is 0. The lowest BCUT2D eigenvalue weighted by atomic mass is 10.0. The Labute approximate surface area is 73.2 Å². The third-order valence-electron chi connectivity index (χ3n) is 1.84. The Morgan fingerprint density at radius 1 is 1.23 bits per heavy atom. The van der Waals surface area contributed by atoms with Gasteiger partial charge in [-0.25, -0.2) is 4.39 Å². The van der Waals surface area contributed by atoms with E-state index in [0.717, 1.165) is 19.1 Å². The molecule has 1 aromatic carbocycles. The van der Waals surface area contributed by atoms with Gasteiger partial charge in [0.1, 0.15) is 5.82 Å². The molecule has 4 heteroatoms. The van der Waals surface area contributed by atoms with E-state index in [1.54, 1.807) is 0 Å². The second-order valence-corrected chi connectivity index (χ2v) is 2.82. The largest absolute Gasteiger partial charge is 0.395 e. The first-order chi connectivity index (χ1) is 5.91. The Bertz CT molecular complexity index is 290. The van der Waals surface area contributed by atoms with E-state index in [0.29, 0.717) is 0 Å². The van der Waals surface area contributed by atoms with Crippen LogP contribution in [0.1, 0.15) is 18.4 Å². The van der Waals surface area contributed by atoms with Crippen LogP contribution in [0.2, 0.25) is 0 Å². The van der Waals surface area contributed by atoms with Crippen LogP contribution in [0.4, 0.5) is 17.6 Å². The summed E-state index contributed by atoms with van der Waals surface area (Å²) in [6.45, 7) is 1.01. The summed E-state index contributed by atoms with van der Waals surface area (Å²) in [5.41, 5.74) is -0.0486. The van der Waals surface area contributed by atoms with Gasteiger partial charge >= 0.3 is 6.18 Å². The van der Waals surface area contributed by atoms with Gasteiger partial charge < -0.3 is 0 Å². The molecule has 0 N–H and O–H groups in total. The maximum absolute atomic E-state index is 12.5. The van der Waals surface area contributed by atoms with Crippen molar-refractivity contribution in [1.82, 2.24) is 0 Å². The lowest BCUT2D eigenvalue weighted by molar-refractivity contribution is -0.146. The summed E-state index contributed by atoms with van der Waals surface area (Å²) in [6, 6.07) is 4.55. The summed E-state index contributed by atoms with van der Waals surface area (Å²) in [4.78, 5) is 0. The standard InChI is InChI=1S/C9H8F4/c1-6(9(11,12)13)7-3-2-4-8(10)5-7/h2-6H,1H3/t6-/m0/s1. The van der Waals surface area contributed by atoms with Crippen molar-refractivity contribution in [2.24, 2.45) is 0 Å². The molecule has 0 saturated carbocycles. The summed E-state index contributed by atoms with van der Waals surface area (Å²) >= 11 is 0. The maximum Gasteiger partial charge on any atom is 0.395 e. The van der Waals surface area contributed by atoms with Crippen molar-refractivity contribution in [1.29, 1.82) is 0 Å². The van der Waals surface area contributed by atoms with Crippen molar-refractivity contribution >= 4 is 0 Å². The molecule has 0 bridgehead atoms. The number of hydrogen-bond acceptors (Lipinski definition) is 0. The number of rotatable bonds is 1. The lowest BCUT2D eigenvalue weighted by Gasteiger charge is -2.15. The normalized spacial score (nSPS) is 14.2. The number of benzene rings is 1. The Kier molecular flexibility index (Phi) is 2.59. The van der Waals surface area contributed by atoms with Gasteiger partial charge in [0.2, 0.25) is 0 Å². The molecule has 72 valence electrons. The first-order valence-corrected chi connectivity index (χ1v) is 3.73. The molecule has 0 spiro atoms. The molecule has 0 heterocycles. The van der Waals surface area contributed by atoms with Crippen molar-refractivity contribution in [3.8, 4) is 0 Å². The SMILES string of the molecule is C[C@@H](c1cccc(F)c1)C(F)(F)F. The van der Waals surface area contributed by atoms with E-state index in [1.165, 1.54) is 12.1 Å². The zero-order valence-corrected chi connectivity index (χ0v) is 6.90. The van der Waals surface area contributed by atoms with E-state index in [9.17, 15) is 17.6 Å². The van der Waals surface area contributed by atoms with Gasteiger partial charge in [-0.3, -0.25) is 0 Å². The van der Waals surface area contributed by atoms with E-state index in [4.69, 9.17) is 0 Å². The molecule has 0 aliphatic rings. The third-order valence-corrected chi connectivity index (χ3v) is 1.84. The molecule has 13 heavy (non-hydrogen) atoms. The van der Waals surface area contributed by atoms with Gasteiger partial charge in [-0.05, 0) is 24.6 Å². The van der Waals surface area contributed by atoms with Crippen LogP contribution in [0.25, 0.3) is 0 Å². The highest BCUT2D eigenvalue weighted by Gasteiger charge is 2.36. The molecule has 0 aromatic heterocycles. The molecular formula is C9H8F4. The van der Waals surface area contributed by atoms with Gasteiger partial charge in [0.15, 0.2) is 0 Å². The molecule has 1 atom stereocenters. The minimum absolute atomic E-state index is 0.0486. The molecule has 0 saturated heterocycles. The molecule has 1 rings (SSSR count). The average molecular weight is 192 g/mol. The summed E-state index contributed by atoms with van der Waals surface area (Å²) in [5.74, 6) is -2.27. The molecule has 0 nitrogen and oxygen atoms in total. The predicted molar refractivity (Wildman–Crippen MR) is 40.9 cm³/mol. The van der Waals surface area contributed by atoms with Crippen LogP contribution in [-0.4, -0.2) is 6.18 Å². The second kappa shape index (κ2) is 3.36. The van der Waals surface area contributed by atoms with E-state index in [1.807, 2.05) is 0 Å². The smallest absolute Gasteiger partial charge is 0.207 e. The fourth-order valence-corrected chi connectivity index (χ4v) is 0.965. The van der Waals surface area contributed by atoms with E-state index in [-0.39, 0.29) is 5.56 Å². The zero-order chi connectivity index (χ0) is 10.1. The van der Waals surface area contributed by atoms with Crippen LogP contribution in [0.15, 0.2) is 24.3 Å². The maximum atomic E-state index is 12.5. The minimum Gasteiger partial charge on any atom is -0.207 e.